The molecule has 0 bridgehead atoms. The standard InChI is InChI=1S/C19H26N2O3S/c1-14-12-16-13-17(25(23,24)20-10-4-2-3-5-11-20)8-9-18(16)21(14)19(22)15-6-7-15/h8-9,13-15H,2-7,10-12H2,1H3/t14-/m0/s1. The normalized spacial score (nSPS) is 24.8. The van der Waals surface area contributed by atoms with E-state index in [4.69, 9.17) is 0 Å². The minimum Gasteiger partial charge on any atom is -0.309 e. The maximum absolute atomic E-state index is 13.0. The number of carbonyl (C=O) groups excluding carboxylic acids is 1. The molecule has 1 aromatic rings. The molecule has 1 saturated heterocycles. The summed E-state index contributed by atoms with van der Waals surface area (Å²) in [6.45, 7) is 3.27. The number of sulfonamides is 1. The first-order chi connectivity index (χ1) is 12.0. The number of rotatable bonds is 3. The Balaban J connectivity index is 1.63. The summed E-state index contributed by atoms with van der Waals surface area (Å²) >= 11 is 0. The fourth-order valence-corrected chi connectivity index (χ4v) is 5.63. The van der Waals surface area contributed by atoms with Gasteiger partial charge in [0.1, 0.15) is 0 Å². The van der Waals surface area contributed by atoms with Gasteiger partial charge in [0.2, 0.25) is 15.9 Å². The zero-order chi connectivity index (χ0) is 17.6. The largest absolute Gasteiger partial charge is 0.309 e. The van der Waals surface area contributed by atoms with Crippen molar-refractivity contribution in [3.63, 3.8) is 0 Å². The van der Waals surface area contributed by atoms with E-state index in [1.54, 1.807) is 16.4 Å². The summed E-state index contributed by atoms with van der Waals surface area (Å²) in [5.74, 6) is 0.378. The van der Waals surface area contributed by atoms with Crippen molar-refractivity contribution < 1.29 is 13.2 Å². The lowest BCUT2D eigenvalue weighted by Crippen LogP contribution is -2.36. The molecule has 0 N–H and O–H groups in total. The minimum absolute atomic E-state index is 0.110. The maximum atomic E-state index is 13.0. The predicted molar refractivity (Wildman–Crippen MR) is 97.0 cm³/mol. The van der Waals surface area contributed by atoms with Crippen LogP contribution in [0.25, 0.3) is 0 Å². The van der Waals surface area contributed by atoms with Gasteiger partial charge in [-0.3, -0.25) is 4.79 Å². The smallest absolute Gasteiger partial charge is 0.243 e. The van der Waals surface area contributed by atoms with Gasteiger partial charge >= 0.3 is 0 Å². The second-order valence-electron chi connectivity index (χ2n) is 7.64. The highest BCUT2D eigenvalue weighted by atomic mass is 32.2. The van der Waals surface area contributed by atoms with Crippen molar-refractivity contribution in [1.29, 1.82) is 0 Å². The molecular formula is C19H26N2O3S. The monoisotopic (exact) mass is 362 g/mol. The molecule has 1 atom stereocenters. The zero-order valence-electron chi connectivity index (χ0n) is 14.8. The molecule has 1 saturated carbocycles. The molecular weight excluding hydrogens is 336 g/mol. The highest BCUT2D eigenvalue weighted by Gasteiger charge is 2.40. The lowest BCUT2D eigenvalue weighted by molar-refractivity contribution is -0.120. The van der Waals surface area contributed by atoms with E-state index in [0.29, 0.717) is 18.0 Å². The van der Waals surface area contributed by atoms with Gasteiger partial charge < -0.3 is 4.90 Å². The van der Waals surface area contributed by atoms with Gasteiger partial charge in [-0.25, -0.2) is 8.42 Å². The van der Waals surface area contributed by atoms with Crippen molar-refractivity contribution in [3.05, 3.63) is 23.8 Å². The Kier molecular flexibility index (Phi) is 4.36. The fourth-order valence-electron chi connectivity index (χ4n) is 4.06. The van der Waals surface area contributed by atoms with Crippen LogP contribution in [-0.4, -0.2) is 37.8 Å². The zero-order valence-corrected chi connectivity index (χ0v) is 15.6. The van der Waals surface area contributed by atoms with Crippen LogP contribution in [0.3, 0.4) is 0 Å². The van der Waals surface area contributed by atoms with Gasteiger partial charge in [0.05, 0.1) is 4.90 Å². The van der Waals surface area contributed by atoms with Crippen LogP contribution in [0.2, 0.25) is 0 Å². The Bertz CT molecular complexity index is 778. The molecule has 2 fully saturated rings. The van der Waals surface area contributed by atoms with Crippen LogP contribution in [0.1, 0.15) is 51.0 Å². The lowest BCUT2D eigenvalue weighted by atomic mass is 10.1. The van der Waals surface area contributed by atoms with E-state index in [2.05, 4.69) is 0 Å². The quantitative estimate of drug-likeness (QED) is 0.831. The van der Waals surface area contributed by atoms with Gasteiger partial charge in [-0.15, -0.1) is 0 Å². The lowest BCUT2D eigenvalue weighted by Gasteiger charge is -2.23. The van der Waals surface area contributed by atoms with Crippen molar-refractivity contribution in [3.8, 4) is 0 Å². The molecule has 2 aliphatic heterocycles. The van der Waals surface area contributed by atoms with Crippen LogP contribution in [0.5, 0.6) is 0 Å². The third-order valence-corrected chi connectivity index (χ3v) is 7.53. The van der Waals surface area contributed by atoms with E-state index >= 15 is 0 Å². The van der Waals surface area contributed by atoms with Gasteiger partial charge in [0.25, 0.3) is 0 Å². The molecule has 1 aromatic carbocycles. The Hall–Kier alpha value is -1.40. The van der Waals surface area contributed by atoms with Gasteiger partial charge in [-0.2, -0.15) is 4.31 Å². The van der Waals surface area contributed by atoms with Crippen LogP contribution in [0.4, 0.5) is 5.69 Å². The highest BCUT2D eigenvalue weighted by molar-refractivity contribution is 7.89. The molecule has 1 aliphatic carbocycles. The molecule has 3 aliphatic rings. The second-order valence-corrected chi connectivity index (χ2v) is 9.58. The van der Waals surface area contributed by atoms with E-state index in [0.717, 1.165) is 56.2 Å². The molecule has 5 nitrogen and oxygen atoms in total. The van der Waals surface area contributed by atoms with Crippen LogP contribution < -0.4 is 4.90 Å². The third kappa shape index (κ3) is 3.10. The first-order valence-electron chi connectivity index (χ1n) is 9.44. The second kappa shape index (κ2) is 6.40. The van der Waals surface area contributed by atoms with Crippen molar-refractivity contribution in [2.75, 3.05) is 18.0 Å². The fraction of sp³-hybridized carbons (Fsp3) is 0.632. The van der Waals surface area contributed by atoms with Gasteiger partial charge in [-0.05, 0) is 62.8 Å². The van der Waals surface area contributed by atoms with E-state index in [1.807, 2.05) is 17.9 Å². The Morgan fingerprint density at radius 1 is 1.08 bits per heavy atom. The van der Waals surface area contributed by atoms with Crippen molar-refractivity contribution in [2.45, 2.75) is 62.8 Å². The molecule has 1 amide bonds. The minimum atomic E-state index is -3.44. The molecule has 136 valence electrons. The Morgan fingerprint density at radius 3 is 2.40 bits per heavy atom. The number of hydrogen-bond donors (Lipinski definition) is 0. The van der Waals surface area contributed by atoms with Crippen LogP contribution in [-0.2, 0) is 21.2 Å². The SMILES string of the molecule is C[C@H]1Cc2cc(S(=O)(=O)N3CCCCCC3)ccc2N1C(=O)C1CC1. The Labute approximate surface area is 150 Å². The summed E-state index contributed by atoms with van der Waals surface area (Å²) in [5, 5.41) is 0. The number of carbonyl (C=O) groups is 1. The summed E-state index contributed by atoms with van der Waals surface area (Å²) in [5.41, 5.74) is 1.89. The molecule has 0 radical (unpaired) electrons. The van der Waals surface area contributed by atoms with Crippen molar-refractivity contribution >= 4 is 21.6 Å². The summed E-state index contributed by atoms with van der Waals surface area (Å²) in [6.07, 6.45) is 6.78. The maximum Gasteiger partial charge on any atom is 0.243 e. The average Bonchev–Trinajstić information content (AvgIpc) is 3.39. The van der Waals surface area contributed by atoms with Crippen LogP contribution in [0.15, 0.2) is 23.1 Å². The van der Waals surface area contributed by atoms with E-state index < -0.39 is 10.0 Å². The molecule has 25 heavy (non-hydrogen) atoms. The summed E-state index contributed by atoms with van der Waals surface area (Å²) in [7, 11) is -3.44. The first kappa shape index (κ1) is 17.0. The number of hydrogen-bond acceptors (Lipinski definition) is 3. The van der Waals surface area contributed by atoms with Crippen molar-refractivity contribution in [1.82, 2.24) is 4.31 Å². The number of anilines is 1. The number of fused-ring (bicyclic) bond motifs is 1. The first-order valence-corrected chi connectivity index (χ1v) is 10.9. The van der Waals surface area contributed by atoms with Gasteiger partial charge in [0, 0.05) is 30.7 Å². The average molecular weight is 362 g/mol. The topological polar surface area (TPSA) is 57.7 Å². The summed E-state index contributed by atoms with van der Waals surface area (Å²) < 4.78 is 27.6. The molecule has 0 aromatic heterocycles. The van der Waals surface area contributed by atoms with Crippen molar-refractivity contribution in [2.24, 2.45) is 5.92 Å². The van der Waals surface area contributed by atoms with Gasteiger partial charge in [-0.1, -0.05) is 12.8 Å². The number of benzene rings is 1. The molecule has 2 heterocycles. The summed E-state index contributed by atoms with van der Waals surface area (Å²) in [4.78, 5) is 14.8. The van der Waals surface area contributed by atoms with Crippen LogP contribution in [0, 0.1) is 5.92 Å². The van der Waals surface area contributed by atoms with E-state index in [9.17, 15) is 13.2 Å². The predicted octanol–water partition coefficient (Wildman–Crippen LogP) is 2.94. The van der Waals surface area contributed by atoms with Gasteiger partial charge in [0.15, 0.2) is 0 Å². The van der Waals surface area contributed by atoms with E-state index in [1.165, 1.54) is 0 Å². The van der Waals surface area contributed by atoms with E-state index in [-0.39, 0.29) is 17.9 Å². The molecule has 6 heteroatoms. The Morgan fingerprint density at radius 2 is 1.76 bits per heavy atom. The molecule has 0 unspecified atom stereocenters. The highest BCUT2D eigenvalue weighted by Crippen LogP contribution is 2.39. The van der Waals surface area contributed by atoms with Crippen LogP contribution >= 0.6 is 0 Å². The molecule has 0 spiro atoms. The summed E-state index contributed by atoms with van der Waals surface area (Å²) in [6, 6.07) is 5.43. The third-order valence-electron chi connectivity index (χ3n) is 5.63. The number of nitrogens with zero attached hydrogens (tertiary/aromatic N) is 2. The number of amides is 1. The molecule has 4 rings (SSSR count).